The summed E-state index contributed by atoms with van der Waals surface area (Å²) in [5.74, 6) is -0.377. The summed E-state index contributed by atoms with van der Waals surface area (Å²) in [6, 6.07) is 10.7. The number of pyridine rings is 1. The van der Waals surface area contributed by atoms with Gasteiger partial charge in [0.25, 0.3) is 5.91 Å². The van der Waals surface area contributed by atoms with Gasteiger partial charge < -0.3 is 19.2 Å². The maximum absolute atomic E-state index is 13.7. The van der Waals surface area contributed by atoms with Crippen molar-refractivity contribution in [2.45, 2.75) is 25.9 Å². The van der Waals surface area contributed by atoms with Crippen molar-refractivity contribution >= 4 is 34.3 Å². The van der Waals surface area contributed by atoms with Gasteiger partial charge >= 0.3 is 0 Å². The van der Waals surface area contributed by atoms with Gasteiger partial charge in [0.05, 0.1) is 31.0 Å². The fourth-order valence-corrected chi connectivity index (χ4v) is 3.94. The third-order valence-electron chi connectivity index (χ3n) is 5.88. The lowest BCUT2D eigenvalue weighted by molar-refractivity contribution is 0.0902. The molecule has 1 aliphatic rings. The fraction of sp³-hybridized carbons (Fsp3) is 0.222. The Bertz CT molecular complexity index is 1500. The van der Waals surface area contributed by atoms with Crippen LogP contribution in [0, 0.1) is 12.7 Å². The molecule has 2 aromatic carbocycles. The zero-order chi connectivity index (χ0) is 25.4. The fourth-order valence-electron chi connectivity index (χ4n) is 3.76. The summed E-state index contributed by atoms with van der Waals surface area (Å²) in [5.41, 5.74) is 2.58. The van der Waals surface area contributed by atoms with Gasteiger partial charge in [-0.1, -0.05) is 11.6 Å². The number of Topliss-reactive ketones (excluding diaryl/α,β-unsaturated/α-hetero) is 1. The molecule has 36 heavy (non-hydrogen) atoms. The predicted octanol–water partition coefficient (Wildman–Crippen LogP) is 5.76. The minimum atomic E-state index is -0.564. The van der Waals surface area contributed by atoms with E-state index < -0.39 is 17.5 Å². The van der Waals surface area contributed by atoms with Crippen molar-refractivity contribution in [3.8, 4) is 22.8 Å². The van der Waals surface area contributed by atoms with Crippen LogP contribution in [0.3, 0.4) is 0 Å². The molecule has 0 radical (unpaired) electrons. The second kappa shape index (κ2) is 9.62. The molecule has 0 unspecified atom stereocenters. The molecule has 184 valence electrons. The number of fused-ring (bicyclic) bond motifs is 1. The zero-order valence-electron chi connectivity index (χ0n) is 19.6. The Hall–Kier alpha value is -3.91. The molecule has 0 saturated heterocycles. The van der Waals surface area contributed by atoms with E-state index in [2.05, 4.69) is 10.3 Å². The van der Waals surface area contributed by atoms with E-state index in [9.17, 15) is 14.0 Å². The molecule has 5 rings (SSSR count). The second-order valence-electron chi connectivity index (χ2n) is 8.57. The highest BCUT2D eigenvalue weighted by Crippen LogP contribution is 2.35. The van der Waals surface area contributed by atoms with Crippen molar-refractivity contribution in [3.05, 3.63) is 76.4 Å². The van der Waals surface area contributed by atoms with Crippen LogP contribution in [-0.4, -0.2) is 36.4 Å². The number of aryl methyl sites for hydroxylation is 1. The molecule has 0 spiro atoms. The van der Waals surface area contributed by atoms with Crippen LogP contribution in [0.25, 0.3) is 22.2 Å². The molecule has 0 atom stereocenters. The Morgan fingerprint density at radius 3 is 2.69 bits per heavy atom. The second-order valence-corrected chi connectivity index (χ2v) is 8.98. The summed E-state index contributed by atoms with van der Waals surface area (Å²) in [6.07, 6.45) is 3.75. The number of hydrogen-bond acceptors (Lipinski definition) is 6. The number of furan rings is 1. The van der Waals surface area contributed by atoms with Gasteiger partial charge in [0, 0.05) is 16.5 Å². The Kier molecular flexibility index (Phi) is 6.36. The first-order valence-electron chi connectivity index (χ1n) is 11.3. The Morgan fingerprint density at radius 1 is 1.17 bits per heavy atom. The molecule has 4 aromatic rings. The molecule has 1 aliphatic carbocycles. The molecule has 7 nitrogen and oxygen atoms in total. The molecule has 2 aromatic heterocycles. The molecular weight excluding hydrogens is 487 g/mol. The average Bonchev–Trinajstić information content (AvgIpc) is 3.63. The first-order chi connectivity index (χ1) is 17.3. The van der Waals surface area contributed by atoms with E-state index in [4.69, 9.17) is 25.5 Å². The monoisotopic (exact) mass is 508 g/mol. The van der Waals surface area contributed by atoms with Gasteiger partial charge in [-0.05, 0) is 67.8 Å². The normalized spacial score (nSPS) is 13.0. The van der Waals surface area contributed by atoms with E-state index >= 15 is 0 Å². The number of ketones is 1. The Morgan fingerprint density at radius 2 is 1.97 bits per heavy atom. The van der Waals surface area contributed by atoms with E-state index in [0.717, 1.165) is 18.4 Å². The van der Waals surface area contributed by atoms with Crippen LogP contribution >= 0.6 is 11.6 Å². The van der Waals surface area contributed by atoms with Crippen molar-refractivity contribution in [3.63, 3.8) is 0 Å². The highest BCUT2D eigenvalue weighted by atomic mass is 35.5. The molecule has 2 heterocycles. The van der Waals surface area contributed by atoms with E-state index in [0.29, 0.717) is 39.3 Å². The molecular formula is C27H22ClFN2O5. The molecule has 1 saturated carbocycles. The molecule has 0 bridgehead atoms. The van der Waals surface area contributed by atoms with E-state index in [-0.39, 0.29) is 23.4 Å². The molecule has 1 N–H and O–H groups in total. The van der Waals surface area contributed by atoms with Gasteiger partial charge in [-0.2, -0.15) is 0 Å². The maximum Gasteiger partial charge on any atom is 0.251 e. The smallest absolute Gasteiger partial charge is 0.251 e. The number of nitrogens with zero attached hydrogens (tertiary/aromatic N) is 1. The highest BCUT2D eigenvalue weighted by Gasteiger charge is 2.25. The van der Waals surface area contributed by atoms with Crippen molar-refractivity contribution in [2.75, 3.05) is 13.7 Å². The first kappa shape index (κ1) is 23.8. The Labute approximate surface area is 211 Å². The van der Waals surface area contributed by atoms with Crippen molar-refractivity contribution in [1.82, 2.24) is 10.3 Å². The van der Waals surface area contributed by atoms with Crippen LogP contribution < -0.4 is 14.8 Å². The van der Waals surface area contributed by atoms with E-state index in [1.807, 2.05) is 6.92 Å². The number of carbonyl (C=O) groups is 2. The van der Waals surface area contributed by atoms with Crippen LogP contribution in [0.4, 0.5) is 4.39 Å². The summed E-state index contributed by atoms with van der Waals surface area (Å²) in [7, 11) is 1.51. The summed E-state index contributed by atoms with van der Waals surface area (Å²) >= 11 is 5.96. The van der Waals surface area contributed by atoms with Gasteiger partial charge in [0.1, 0.15) is 17.2 Å². The number of halogens is 2. The zero-order valence-corrected chi connectivity index (χ0v) is 20.3. The molecule has 1 amide bonds. The SMILES string of the molecule is COc1cc(C(=O)NCC(=O)c2cc3c(C)coc3c(-c3ccc(F)c(Cl)c3)n2)ccc1OC1CC1. The van der Waals surface area contributed by atoms with Crippen molar-refractivity contribution < 1.29 is 27.9 Å². The Balaban J connectivity index is 1.37. The first-order valence-corrected chi connectivity index (χ1v) is 11.7. The van der Waals surface area contributed by atoms with Crippen molar-refractivity contribution in [2.24, 2.45) is 0 Å². The predicted molar refractivity (Wildman–Crippen MR) is 132 cm³/mol. The average molecular weight is 509 g/mol. The largest absolute Gasteiger partial charge is 0.493 e. The topological polar surface area (TPSA) is 90.7 Å². The summed E-state index contributed by atoms with van der Waals surface area (Å²) in [4.78, 5) is 30.2. The standard InChI is InChI=1S/C27H22ClFN2O5/c1-14-13-35-26-18(14)11-21(31-25(26)15-3-7-20(29)19(28)9-15)22(32)12-30-27(33)16-4-8-23(24(10-16)34-2)36-17-5-6-17/h3-4,7-11,13,17H,5-6,12H2,1-2H3,(H,30,33). The number of benzene rings is 2. The summed E-state index contributed by atoms with van der Waals surface area (Å²) < 4.78 is 30.5. The summed E-state index contributed by atoms with van der Waals surface area (Å²) in [5, 5.41) is 3.25. The number of ether oxygens (including phenoxy) is 2. The van der Waals surface area contributed by atoms with Crippen LogP contribution in [-0.2, 0) is 0 Å². The third kappa shape index (κ3) is 4.77. The van der Waals surface area contributed by atoms with Crippen LogP contribution in [0.5, 0.6) is 11.5 Å². The lowest BCUT2D eigenvalue weighted by Gasteiger charge is -2.12. The number of aromatic nitrogens is 1. The van der Waals surface area contributed by atoms with E-state index in [1.54, 1.807) is 30.5 Å². The molecule has 0 aliphatic heterocycles. The lowest BCUT2D eigenvalue weighted by Crippen LogP contribution is -2.30. The number of rotatable bonds is 8. The van der Waals surface area contributed by atoms with Gasteiger partial charge in [-0.3, -0.25) is 9.59 Å². The highest BCUT2D eigenvalue weighted by molar-refractivity contribution is 6.31. The number of amides is 1. The van der Waals surface area contributed by atoms with Gasteiger partial charge in [0.15, 0.2) is 22.9 Å². The van der Waals surface area contributed by atoms with Crippen molar-refractivity contribution in [1.29, 1.82) is 0 Å². The van der Waals surface area contributed by atoms with Gasteiger partial charge in [0.2, 0.25) is 0 Å². The van der Waals surface area contributed by atoms with Crippen LogP contribution in [0.1, 0.15) is 39.3 Å². The summed E-state index contributed by atoms with van der Waals surface area (Å²) in [6.45, 7) is 1.56. The van der Waals surface area contributed by atoms with Gasteiger partial charge in [-0.25, -0.2) is 9.37 Å². The minimum Gasteiger partial charge on any atom is -0.493 e. The number of nitrogens with one attached hydrogen (secondary N) is 1. The molecule has 1 fully saturated rings. The minimum absolute atomic E-state index is 0.0706. The third-order valence-corrected chi connectivity index (χ3v) is 6.17. The lowest BCUT2D eigenvalue weighted by atomic mass is 10.1. The number of carbonyl (C=O) groups excluding carboxylic acids is 2. The number of methoxy groups -OCH3 is 1. The number of hydrogen-bond donors (Lipinski definition) is 1. The van der Waals surface area contributed by atoms with E-state index in [1.165, 1.54) is 25.3 Å². The van der Waals surface area contributed by atoms with Crippen LogP contribution in [0.2, 0.25) is 5.02 Å². The van der Waals surface area contributed by atoms with Gasteiger partial charge in [-0.15, -0.1) is 0 Å². The quantitative estimate of drug-likeness (QED) is 0.304. The van der Waals surface area contributed by atoms with Crippen LogP contribution in [0.15, 0.2) is 53.1 Å². The molecule has 9 heteroatoms. The maximum atomic E-state index is 13.7.